The van der Waals surface area contributed by atoms with Crippen molar-refractivity contribution in [1.82, 2.24) is 4.98 Å². The van der Waals surface area contributed by atoms with Gasteiger partial charge in [0.2, 0.25) is 5.60 Å². The average molecular weight is 586 g/mol. The smallest absolute Gasteiger partial charge is 0.422 e. The molecule has 1 aliphatic carbocycles. The topological polar surface area (TPSA) is 77.9 Å². The number of aromatic nitrogens is 1. The number of benzene rings is 2. The van der Waals surface area contributed by atoms with E-state index in [9.17, 15) is 31.9 Å². The van der Waals surface area contributed by atoms with Crippen molar-refractivity contribution in [2.24, 2.45) is 0 Å². The summed E-state index contributed by atoms with van der Waals surface area (Å²) in [4.78, 5) is 16.9. The Morgan fingerprint density at radius 3 is 2.30 bits per heavy atom. The molecule has 1 N–H and O–H groups in total. The number of alkyl halides is 4. The molecule has 6 nitrogen and oxygen atoms in total. The molecule has 0 spiro atoms. The van der Waals surface area contributed by atoms with E-state index in [1.807, 2.05) is 0 Å². The third-order valence-electron chi connectivity index (χ3n) is 6.69. The molecule has 1 atom stereocenters. The van der Waals surface area contributed by atoms with E-state index in [0.29, 0.717) is 0 Å². The molecule has 3 aromatic rings. The molecule has 0 amide bonds. The summed E-state index contributed by atoms with van der Waals surface area (Å²) in [6, 6.07) is 9.69. The van der Waals surface area contributed by atoms with Crippen molar-refractivity contribution in [2.45, 2.75) is 49.7 Å². The van der Waals surface area contributed by atoms with E-state index in [1.165, 1.54) is 50.6 Å². The number of halogens is 6. The average Bonchev–Trinajstić information content (AvgIpc) is 2.91. The zero-order valence-corrected chi connectivity index (χ0v) is 22.2. The molecule has 0 aliphatic heterocycles. The lowest BCUT2D eigenvalue weighted by Crippen LogP contribution is -2.43. The number of hydrogen-bond acceptors (Lipinski definition) is 6. The van der Waals surface area contributed by atoms with Crippen LogP contribution >= 0.6 is 11.6 Å². The fourth-order valence-corrected chi connectivity index (χ4v) is 4.44. The summed E-state index contributed by atoms with van der Waals surface area (Å²) in [5, 5.41) is 10.6. The Morgan fingerprint density at radius 2 is 1.70 bits per heavy atom. The Morgan fingerprint density at radius 1 is 1.02 bits per heavy atom. The molecule has 1 unspecified atom stereocenters. The summed E-state index contributed by atoms with van der Waals surface area (Å²) in [7, 11) is 2.60. The van der Waals surface area contributed by atoms with E-state index in [1.54, 1.807) is 0 Å². The van der Waals surface area contributed by atoms with E-state index in [2.05, 4.69) is 4.98 Å². The molecule has 0 bridgehead atoms. The molecular formula is C28H25ClF5NO5. The van der Waals surface area contributed by atoms with Gasteiger partial charge in [-0.05, 0) is 55.0 Å². The first-order valence-corrected chi connectivity index (χ1v) is 12.6. The van der Waals surface area contributed by atoms with Gasteiger partial charge in [0.1, 0.15) is 29.5 Å². The van der Waals surface area contributed by atoms with Gasteiger partial charge in [-0.25, -0.2) is 13.8 Å². The second-order valence-electron chi connectivity index (χ2n) is 9.33. The first-order valence-electron chi connectivity index (χ1n) is 12.2. The van der Waals surface area contributed by atoms with Gasteiger partial charge in [0.25, 0.3) is 0 Å². The van der Waals surface area contributed by atoms with Gasteiger partial charge < -0.3 is 19.3 Å². The summed E-state index contributed by atoms with van der Waals surface area (Å²) >= 11 is 5.83. The molecule has 1 saturated carbocycles. The highest BCUT2D eigenvalue weighted by molar-refractivity contribution is 6.31. The molecule has 4 rings (SSSR count). The number of Topliss-reactive ketones (excluding diaryl/α,β-unsaturated/α-hetero) is 1. The van der Waals surface area contributed by atoms with Crippen molar-refractivity contribution in [3.8, 4) is 28.5 Å². The number of hydrogen-bond donors (Lipinski definition) is 1. The fraction of sp³-hybridized carbons (Fsp3) is 0.357. The highest BCUT2D eigenvalue weighted by Gasteiger charge is 2.56. The van der Waals surface area contributed by atoms with Crippen LogP contribution in [0.15, 0.2) is 48.5 Å². The van der Waals surface area contributed by atoms with Crippen molar-refractivity contribution >= 4 is 17.4 Å². The van der Waals surface area contributed by atoms with E-state index < -0.39 is 48.1 Å². The van der Waals surface area contributed by atoms with E-state index in [4.69, 9.17) is 25.8 Å². The van der Waals surface area contributed by atoms with Gasteiger partial charge in [0.15, 0.2) is 17.3 Å². The molecule has 1 heterocycles. The van der Waals surface area contributed by atoms with Crippen LogP contribution in [0.1, 0.15) is 41.7 Å². The van der Waals surface area contributed by atoms with Crippen LogP contribution in [0.5, 0.6) is 17.2 Å². The van der Waals surface area contributed by atoms with Crippen LogP contribution in [0.25, 0.3) is 11.3 Å². The molecule has 1 fully saturated rings. The quantitative estimate of drug-likeness (QED) is 0.207. The summed E-state index contributed by atoms with van der Waals surface area (Å²) in [6.07, 6.45) is -7.76. The van der Waals surface area contributed by atoms with Crippen LogP contribution in [0.4, 0.5) is 22.0 Å². The Labute approximate surface area is 231 Å². The number of carbonyl (C=O) groups excluding carboxylic acids is 1. The van der Waals surface area contributed by atoms with Gasteiger partial charge in [-0.1, -0.05) is 11.6 Å². The van der Waals surface area contributed by atoms with E-state index in [-0.39, 0.29) is 58.0 Å². The number of ether oxygens (including phenoxy) is 3. The van der Waals surface area contributed by atoms with Crippen molar-refractivity contribution in [3.05, 3.63) is 70.6 Å². The van der Waals surface area contributed by atoms with Crippen molar-refractivity contribution in [2.75, 3.05) is 14.2 Å². The maximum atomic E-state index is 14.3. The highest BCUT2D eigenvalue weighted by Crippen LogP contribution is 2.44. The van der Waals surface area contributed by atoms with E-state index >= 15 is 0 Å². The lowest BCUT2D eigenvalue weighted by Gasteiger charge is -2.31. The van der Waals surface area contributed by atoms with Crippen LogP contribution in [-0.4, -0.2) is 48.5 Å². The first kappa shape index (κ1) is 29.5. The third-order valence-corrected chi connectivity index (χ3v) is 6.98. The fourth-order valence-electron chi connectivity index (χ4n) is 4.26. The van der Waals surface area contributed by atoms with Crippen LogP contribution < -0.4 is 14.2 Å². The lowest BCUT2D eigenvalue weighted by atomic mass is 9.89. The molecule has 214 valence electrons. The van der Waals surface area contributed by atoms with Gasteiger partial charge in [0.05, 0.1) is 24.9 Å². The molecule has 0 radical (unpaired) electrons. The number of pyridine rings is 1. The molecule has 1 aliphatic rings. The van der Waals surface area contributed by atoms with Gasteiger partial charge in [0, 0.05) is 30.4 Å². The highest BCUT2D eigenvalue weighted by atomic mass is 35.5. The minimum atomic E-state index is -5.21. The number of rotatable bonds is 10. The molecule has 1 aromatic heterocycles. The molecule has 2 aromatic carbocycles. The number of ketones is 1. The second-order valence-corrected chi connectivity index (χ2v) is 9.74. The zero-order valence-electron chi connectivity index (χ0n) is 21.4. The summed E-state index contributed by atoms with van der Waals surface area (Å²) in [6.45, 7) is 0. The van der Waals surface area contributed by atoms with Crippen LogP contribution in [0.3, 0.4) is 0 Å². The standard InChI is InChI=1S/C28H25ClF5NO5/c1-38-23-7-8-25(35-26(23)16-3-5-20(31)19(29)11-16)27(37,28(32,33)34)10-9-21(36)15-4-6-22(24(12-15)39-2)40-18-13-17(30)14-18/h3-8,11-12,17-18,37H,9-10,13-14H2,1-2H3. The molecule has 12 heteroatoms. The Hall–Kier alpha value is -3.44. The summed E-state index contributed by atoms with van der Waals surface area (Å²) < 4.78 is 85.7. The van der Waals surface area contributed by atoms with Crippen molar-refractivity contribution < 1.29 is 46.1 Å². The van der Waals surface area contributed by atoms with Gasteiger partial charge in [-0.15, -0.1) is 0 Å². The Bertz CT molecular complexity index is 1400. The van der Waals surface area contributed by atoms with E-state index in [0.717, 1.165) is 12.1 Å². The Kier molecular flexibility index (Phi) is 8.55. The van der Waals surface area contributed by atoms with Crippen LogP contribution in [0.2, 0.25) is 5.02 Å². The molecule has 40 heavy (non-hydrogen) atoms. The van der Waals surface area contributed by atoms with Gasteiger partial charge >= 0.3 is 6.18 Å². The summed E-state index contributed by atoms with van der Waals surface area (Å²) in [5.74, 6) is -0.930. The minimum Gasteiger partial charge on any atom is -0.494 e. The normalized spacial score (nSPS) is 18.4. The molecular weight excluding hydrogens is 561 g/mol. The Balaban J connectivity index is 1.59. The predicted molar refractivity (Wildman–Crippen MR) is 136 cm³/mol. The minimum absolute atomic E-state index is 0.0371. The van der Waals surface area contributed by atoms with Crippen LogP contribution in [0, 0.1) is 5.82 Å². The number of aliphatic hydroxyl groups is 1. The largest absolute Gasteiger partial charge is 0.494 e. The van der Waals surface area contributed by atoms with Gasteiger partial charge in [-0.2, -0.15) is 13.2 Å². The number of methoxy groups -OCH3 is 2. The third kappa shape index (κ3) is 6.00. The zero-order chi connectivity index (χ0) is 29.2. The maximum absolute atomic E-state index is 14.3. The number of carbonyl (C=O) groups is 1. The first-order chi connectivity index (χ1) is 18.9. The van der Waals surface area contributed by atoms with Gasteiger partial charge in [-0.3, -0.25) is 4.79 Å². The van der Waals surface area contributed by atoms with Crippen molar-refractivity contribution in [1.29, 1.82) is 0 Å². The SMILES string of the molecule is COc1cc(C(=O)CCC(O)(c2ccc(OC)c(-c3ccc(F)c(Cl)c3)n2)C(F)(F)F)ccc1OC1CC(F)C1. The molecule has 0 saturated heterocycles. The van der Waals surface area contributed by atoms with Crippen LogP contribution in [-0.2, 0) is 5.60 Å². The summed E-state index contributed by atoms with van der Waals surface area (Å²) in [5.41, 5.74) is -4.20. The second kappa shape index (κ2) is 11.6. The predicted octanol–water partition coefficient (Wildman–Crippen LogP) is 6.85. The monoisotopic (exact) mass is 585 g/mol. The maximum Gasteiger partial charge on any atom is 0.422 e. The number of nitrogens with zero attached hydrogens (tertiary/aromatic N) is 1. The van der Waals surface area contributed by atoms with Crippen molar-refractivity contribution in [3.63, 3.8) is 0 Å². The lowest BCUT2D eigenvalue weighted by molar-refractivity contribution is -0.270.